The van der Waals surface area contributed by atoms with E-state index in [4.69, 9.17) is 4.74 Å². The van der Waals surface area contributed by atoms with Gasteiger partial charge in [-0.1, -0.05) is 176 Å². The molecule has 7 aromatic rings. The quantitative estimate of drug-likeness (QED) is 0.0553. The number of amides is 3. The minimum atomic E-state index is -0.849. The van der Waals surface area contributed by atoms with Gasteiger partial charge in [0.15, 0.2) is 40.5 Å². The lowest BCUT2D eigenvalue weighted by atomic mass is 9.91. The first-order chi connectivity index (χ1) is 40.3. The van der Waals surface area contributed by atoms with Crippen LogP contribution in [0.5, 0.6) is 0 Å². The highest BCUT2D eigenvalue weighted by Gasteiger charge is 2.21. The molecular formula is C68H70N2O13S. The molecule has 3 amide bonds. The largest absolute Gasteiger partial charge is 0.466 e. The molecule has 0 bridgehead atoms. The second kappa shape index (κ2) is 36.1. The molecule has 0 unspecified atom stereocenters. The Kier molecular flexibility index (Phi) is 28.9. The van der Waals surface area contributed by atoms with Crippen LogP contribution in [0.3, 0.4) is 0 Å². The highest BCUT2D eigenvalue weighted by atomic mass is 32.1. The normalized spacial score (nSPS) is 11.4. The Balaban J connectivity index is 0.000000219. The molecule has 6 aromatic carbocycles. The Morgan fingerprint density at radius 2 is 0.869 bits per heavy atom. The summed E-state index contributed by atoms with van der Waals surface area (Å²) in [7, 11) is 0. The molecule has 0 atom stereocenters. The molecule has 0 aliphatic heterocycles. The minimum Gasteiger partial charge on any atom is -0.466 e. The lowest BCUT2D eigenvalue weighted by Crippen LogP contribution is -2.37. The Bertz CT molecular complexity index is 3250. The van der Waals surface area contributed by atoms with Crippen molar-refractivity contribution in [3.63, 3.8) is 0 Å². The highest BCUT2D eigenvalue weighted by molar-refractivity contribution is 7.12. The van der Waals surface area contributed by atoms with Crippen LogP contribution in [0, 0.1) is 0 Å². The summed E-state index contributed by atoms with van der Waals surface area (Å²) in [6, 6.07) is 54.2. The maximum atomic E-state index is 11.8. The zero-order valence-corrected chi connectivity index (χ0v) is 48.7. The van der Waals surface area contributed by atoms with Crippen molar-refractivity contribution in [2.45, 2.75) is 98.0 Å². The predicted octanol–water partition coefficient (Wildman–Crippen LogP) is 12.8. The van der Waals surface area contributed by atoms with Crippen molar-refractivity contribution >= 4 is 75.7 Å². The topological polar surface area (TPSA) is 230 Å². The Morgan fingerprint density at radius 3 is 1.29 bits per heavy atom. The van der Waals surface area contributed by atoms with E-state index >= 15 is 0 Å². The number of fused-ring (bicyclic) bond motifs is 2. The lowest BCUT2D eigenvalue weighted by Gasteiger charge is -2.19. The summed E-state index contributed by atoms with van der Waals surface area (Å²) in [5, 5.41) is 6.41. The number of Topliss-reactive ketones (excluding diaryl/α,β-unsaturated/α-hetero) is 7. The second-order valence-corrected chi connectivity index (χ2v) is 20.5. The smallest absolute Gasteiger partial charge is 0.414 e. The summed E-state index contributed by atoms with van der Waals surface area (Å²) in [6.07, 6.45) is 2.94. The molecule has 84 heavy (non-hydrogen) atoms. The van der Waals surface area contributed by atoms with Crippen LogP contribution in [0.15, 0.2) is 187 Å². The van der Waals surface area contributed by atoms with Gasteiger partial charge < -0.3 is 14.8 Å². The zero-order valence-electron chi connectivity index (χ0n) is 47.9. The standard InChI is InChI=1S/C15H12O2.C14H17NO4.C11H13NO2.C10H10O.C9H10O3S.C9H8O/c16-14(12-7-3-1-4-8-12)11-15(17)13-9-5-2-6-10-13;1-14(2,3)19-13(18)15-12(17)9-11(16)10-7-5-4-6-8-10;1-2-12-11(14)8-10(13)9-6-4-3-5-7-9;11-10-7-3-5-8-4-1-2-6-9(8)10;1-2-12-9(11)6-7(10)8-4-3-5-13-8;10-9-6-5-7-3-1-2-4-8(7)9/h1-10H,11H2;4-8H,9H2,1-3H3,(H,15,17,18);3-7H,2,8H2,1H3,(H,12,14);1-2,4,6H,3,5,7H2;3-5H,2,6H2,1H3;1-4H,5-6H2. The number of carbonyl (C=O) groups excluding carboxylic acids is 11. The summed E-state index contributed by atoms with van der Waals surface area (Å²) in [5.41, 5.74) is 5.81. The molecule has 2 N–H and O–H groups in total. The van der Waals surface area contributed by atoms with Crippen LogP contribution >= 0.6 is 11.3 Å². The molecular weight excluding hydrogens is 1080 g/mol. The van der Waals surface area contributed by atoms with Crippen molar-refractivity contribution in [1.29, 1.82) is 0 Å². The van der Waals surface area contributed by atoms with Gasteiger partial charge in [-0.2, -0.15) is 0 Å². The summed E-state index contributed by atoms with van der Waals surface area (Å²) in [5.74, 6) is -1.68. The molecule has 2 aliphatic carbocycles. The van der Waals surface area contributed by atoms with Crippen LogP contribution in [0.1, 0.15) is 163 Å². The first kappa shape index (κ1) is 67.1. The molecule has 0 saturated heterocycles. The Hall–Kier alpha value is -9.41. The number of hydrogen-bond donors (Lipinski definition) is 2. The number of carbonyl (C=O) groups is 11. The van der Waals surface area contributed by atoms with E-state index in [1.165, 1.54) is 22.5 Å². The summed E-state index contributed by atoms with van der Waals surface area (Å²) in [6.45, 7) is 9.47. The number of benzene rings is 6. The fourth-order valence-electron chi connectivity index (χ4n) is 7.91. The van der Waals surface area contributed by atoms with E-state index in [-0.39, 0.29) is 60.5 Å². The number of imide groups is 1. The first-order valence-electron chi connectivity index (χ1n) is 27.3. The van der Waals surface area contributed by atoms with Crippen LogP contribution < -0.4 is 10.6 Å². The average Bonchev–Trinajstić information content (AvgIpc) is 4.34. The maximum Gasteiger partial charge on any atom is 0.414 e. The fraction of sp³-hybridized carbons (Fsp3) is 0.250. The number of alkyl carbamates (subject to hydrolysis) is 1. The average molecular weight is 1160 g/mol. The summed E-state index contributed by atoms with van der Waals surface area (Å²) < 4.78 is 9.57. The number of hydrogen-bond acceptors (Lipinski definition) is 14. The summed E-state index contributed by atoms with van der Waals surface area (Å²) in [4.78, 5) is 126. The molecule has 1 heterocycles. The van der Waals surface area contributed by atoms with Gasteiger partial charge in [-0.15, -0.1) is 11.3 Å². The number of ether oxygens (including phenoxy) is 2. The van der Waals surface area contributed by atoms with Gasteiger partial charge in [-0.3, -0.25) is 53.3 Å². The number of thiophene rings is 1. The predicted molar refractivity (Wildman–Crippen MR) is 323 cm³/mol. The SMILES string of the molecule is CC(C)(C)OC(=O)NC(=O)CC(=O)c1ccccc1.CCNC(=O)CC(=O)c1ccccc1.CCOC(=O)CC(=O)c1cccs1.O=C(CC(=O)c1ccccc1)c1ccccc1.O=C1CCCc2ccccc21.O=C1CCc2ccccc21. The highest BCUT2D eigenvalue weighted by Crippen LogP contribution is 2.22. The molecule has 0 radical (unpaired) electrons. The van der Waals surface area contributed by atoms with Gasteiger partial charge in [0.25, 0.3) is 0 Å². The van der Waals surface area contributed by atoms with E-state index in [0.717, 1.165) is 36.8 Å². The van der Waals surface area contributed by atoms with Crippen LogP contribution in [-0.4, -0.2) is 83.1 Å². The Labute approximate surface area is 494 Å². The van der Waals surface area contributed by atoms with E-state index in [1.807, 2.05) is 79.0 Å². The summed E-state index contributed by atoms with van der Waals surface area (Å²) >= 11 is 1.33. The molecule has 15 nitrogen and oxygen atoms in total. The number of esters is 1. The maximum absolute atomic E-state index is 11.8. The monoisotopic (exact) mass is 1150 g/mol. The van der Waals surface area contributed by atoms with E-state index in [9.17, 15) is 52.7 Å². The van der Waals surface area contributed by atoms with E-state index in [0.29, 0.717) is 58.3 Å². The van der Waals surface area contributed by atoms with E-state index in [2.05, 4.69) is 10.1 Å². The molecule has 1 aromatic heterocycles. The van der Waals surface area contributed by atoms with Crippen molar-refractivity contribution in [3.05, 3.63) is 237 Å². The van der Waals surface area contributed by atoms with Gasteiger partial charge in [-0.05, 0) is 76.5 Å². The molecule has 9 rings (SSSR count). The van der Waals surface area contributed by atoms with Gasteiger partial charge >= 0.3 is 12.1 Å². The van der Waals surface area contributed by atoms with Gasteiger partial charge in [-0.25, -0.2) is 4.79 Å². The second-order valence-electron chi connectivity index (χ2n) is 19.6. The van der Waals surface area contributed by atoms with E-state index < -0.39 is 23.6 Å². The van der Waals surface area contributed by atoms with Crippen molar-refractivity contribution in [2.75, 3.05) is 13.2 Å². The molecule has 0 saturated carbocycles. The molecule has 2 aliphatic rings. The Morgan fingerprint density at radius 1 is 0.452 bits per heavy atom. The third-order valence-corrected chi connectivity index (χ3v) is 12.8. The minimum absolute atomic E-state index is 0.0716. The van der Waals surface area contributed by atoms with Crippen LogP contribution in [0.4, 0.5) is 4.79 Å². The molecule has 0 fully saturated rings. The van der Waals surface area contributed by atoms with Crippen molar-refractivity contribution in [3.8, 4) is 0 Å². The number of rotatable bonds is 15. The van der Waals surface area contributed by atoms with Gasteiger partial charge in [0.2, 0.25) is 11.8 Å². The van der Waals surface area contributed by atoms with Crippen LogP contribution in [-0.2, 0) is 36.7 Å². The van der Waals surface area contributed by atoms with Crippen molar-refractivity contribution < 1.29 is 62.2 Å². The zero-order chi connectivity index (χ0) is 61.3. The lowest BCUT2D eigenvalue weighted by molar-refractivity contribution is -0.142. The number of aryl methyl sites for hydroxylation is 2. The fourth-order valence-corrected chi connectivity index (χ4v) is 8.57. The van der Waals surface area contributed by atoms with E-state index in [1.54, 1.807) is 148 Å². The van der Waals surface area contributed by atoms with Crippen LogP contribution in [0.25, 0.3) is 0 Å². The third-order valence-electron chi connectivity index (χ3n) is 11.9. The number of ketones is 7. The molecule has 0 spiro atoms. The third kappa shape index (κ3) is 25.2. The van der Waals surface area contributed by atoms with Crippen LogP contribution in [0.2, 0.25) is 0 Å². The van der Waals surface area contributed by atoms with Gasteiger partial charge in [0, 0.05) is 52.8 Å². The van der Waals surface area contributed by atoms with Gasteiger partial charge in [0.05, 0.1) is 30.7 Å². The first-order valence-corrected chi connectivity index (χ1v) is 28.2. The van der Waals surface area contributed by atoms with Crippen molar-refractivity contribution in [1.82, 2.24) is 10.6 Å². The molecule has 436 valence electrons. The molecule has 16 heteroatoms. The van der Waals surface area contributed by atoms with Gasteiger partial charge in [0.1, 0.15) is 12.0 Å². The number of nitrogens with one attached hydrogen (secondary N) is 2. The van der Waals surface area contributed by atoms with Crippen molar-refractivity contribution in [2.24, 2.45) is 0 Å².